The fourth-order valence-electron chi connectivity index (χ4n) is 2.25. The largest absolute Gasteiger partial charge is 0.335 e. The Morgan fingerprint density at radius 3 is 2.25 bits per heavy atom. The third-order valence-corrected chi connectivity index (χ3v) is 6.70. The molecule has 6 nitrogen and oxygen atoms in total. The molecule has 1 N–H and O–H groups in total. The number of hydrogen-bond donors (Lipinski definition) is 1. The van der Waals surface area contributed by atoms with Crippen LogP contribution in [0.3, 0.4) is 0 Å². The number of sulfonamides is 1. The Labute approximate surface area is 145 Å². The summed E-state index contributed by atoms with van der Waals surface area (Å²) in [6.07, 6.45) is 2.47. The van der Waals surface area contributed by atoms with E-state index < -0.39 is 17.6 Å². The molecule has 138 valence electrons. The predicted molar refractivity (Wildman–Crippen MR) is 97.9 cm³/mol. The molecule has 0 aliphatic heterocycles. The molecule has 1 rings (SSSR count). The van der Waals surface area contributed by atoms with Gasteiger partial charge < -0.3 is 9.05 Å². The van der Waals surface area contributed by atoms with Gasteiger partial charge in [0.15, 0.2) is 0 Å². The SMILES string of the molecule is CCCCCS(=O)(=O)Nc1ccccc1CP(=O)(OCC)OCC. The zero-order valence-corrected chi connectivity index (χ0v) is 16.4. The number of anilines is 1. The Balaban J connectivity index is 2.93. The molecule has 0 saturated carbocycles. The summed E-state index contributed by atoms with van der Waals surface area (Å²) in [6.45, 7) is 6.04. The van der Waals surface area contributed by atoms with E-state index in [0.29, 0.717) is 17.7 Å². The van der Waals surface area contributed by atoms with E-state index in [1.807, 2.05) is 6.92 Å². The fraction of sp³-hybridized carbons (Fsp3) is 0.625. The van der Waals surface area contributed by atoms with Gasteiger partial charge in [0, 0.05) is 0 Å². The van der Waals surface area contributed by atoms with Crippen molar-refractivity contribution in [3.63, 3.8) is 0 Å². The average molecular weight is 377 g/mol. The van der Waals surface area contributed by atoms with E-state index in [2.05, 4.69) is 4.72 Å². The zero-order chi connectivity index (χ0) is 18.1. The highest BCUT2D eigenvalue weighted by atomic mass is 32.2. The van der Waals surface area contributed by atoms with Crippen LogP contribution in [0.25, 0.3) is 0 Å². The third-order valence-electron chi connectivity index (χ3n) is 3.32. The molecule has 0 unspecified atom stereocenters. The van der Waals surface area contributed by atoms with Crippen molar-refractivity contribution in [2.45, 2.75) is 46.2 Å². The molecule has 1 aromatic rings. The Kier molecular flexibility index (Phi) is 8.98. The molecule has 24 heavy (non-hydrogen) atoms. The van der Waals surface area contributed by atoms with E-state index in [0.717, 1.165) is 12.8 Å². The van der Waals surface area contributed by atoms with E-state index in [1.165, 1.54) is 0 Å². The zero-order valence-electron chi connectivity index (χ0n) is 14.7. The minimum atomic E-state index is -3.43. The van der Waals surface area contributed by atoms with Crippen molar-refractivity contribution in [1.82, 2.24) is 0 Å². The third kappa shape index (κ3) is 7.34. The molecule has 1 aromatic carbocycles. The van der Waals surface area contributed by atoms with E-state index in [-0.39, 0.29) is 25.1 Å². The van der Waals surface area contributed by atoms with E-state index in [1.54, 1.807) is 38.1 Å². The highest BCUT2D eigenvalue weighted by Gasteiger charge is 2.26. The van der Waals surface area contributed by atoms with Gasteiger partial charge in [0.25, 0.3) is 0 Å². The second-order valence-corrected chi connectivity index (χ2v) is 9.29. The summed E-state index contributed by atoms with van der Waals surface area (Å²) < 4.78 is 50.3. The monoisotopic (exact) mass is 377 g/mol. The average Bonchev–Trinajstić information content (AvgIpc) is 2.49. The van der Waals surface area contributed by atoms with E-state index in [4.69, 9.17) is 9.05 Å². The van der Waals surface area contributed by atoms with Crippen LogP contribution in [-0.2, 0) is 29.8 Å². The van der Waals surface area contributed by atoms with Gasteiger partial charge in [0.2, 0.25) is 10.0 Å². The van der Waals surface area contributed by atoms with Gasteiger partial charge >= 0.3 is 7.60 Å². The van der Waals surface area contributed by atoms with Gasteiger partial charge in [-0.15, -0.1) is 0 Å². The van der Waals surface area contributed by atoms with Crippen LogP contribution in [0.2, 0.25) is 0 Å². The van der Waals surface area contributed by atoms with Gasteiger partial charge in [0.05, 0.1) is 30.8 Å². The smallest absolute Gasteiger partial charge is 0.309 e. The fourth-order valence-corrected chi connectivity index (χ4v) is 5.21. The lowest BCUT2D eigenvalue weighted by Gasteiger charge is -2.19. The number of para-hydroxylation sites is 1. The van der Waals surface area contributed by atoms with Gasteiger partial charge in [-0.25, -0.2) is 8.42 Å². The second-order valence-electron chi connectivity index (χ2n) is 5.39. The van der Waals surface area contributed by atoms with Crippen LogP contribution in [-0.4, -0.2) is 27.4 Å². The van der Waals surface area contributed by atoms with Crippen molar-refractivity contribution < 1.29 is 22.0 Å². The topological polar surface area (TPSA) is 81.7 Å². The summed E-state index contributed by atoms with van der Waals surface area (Å²) in [5, 5.41) is 0. The Morgan fingerprint density at radius 1 is 1.04 bits per heavy atom. The molecule has 0 atom stereocenters. The van der Waals surface area contributed by atoms with Gasteiger partial charge in [-0.3, -0.25) is 9.29 Å². The molecule has 0 aromatic heterocycles. The summed E-state index contributed by atoms with van der Waals surface area (Å²) in [7, 11) is -6.73. The molecule has 0 fully saturated rings. The minimum Gasteiger partial charge on any atom is -0.309 e. The maximum absolute atomic E-state index is 12.7. The molecule has 0 aliphatic rings. The first kappa shape index (κ1) is 21.2. The predicted octanol–water partition coefficient (Wildman–Crippen LogP) is 4.38. The molecule has 0 radical (unpaired) electrons. The van der Waals surface area contributed by atoms with Crippen LogP contribution < -0.4 is 4.72 Å². The molecular weight excluding hydrogens is 349 g/mol. The highest BCUT2D eigenvalue weighted by molar-refractivity contribution is 7.92. The van der Waals surface area contributed by atoms with Crippen molar-refractivity contribution >= 4 is 23.3 Å². The molecule has 0 bridgehead atoms. The number of benzene rings is 1. The molecule has 0 saturated heterocycles. The summed E-state index contributed by atoms with van der Waals surface area (Å²) in [4.78, 5) is 0. The molecule has 8 heteroatoms. The molecule has 0 heterocycles. The number of unbranched alkanes of at least 4 members (excludes halogenated alkanes) is 2. The van der Waals surface area contributed by atoms with Gasteiger partial charge in [0.1, 0.15) is 0 Å². The molecule has 0 aliphatic carbocycles. The van der Waals surface area contributed by atoms with Crippen molar-refractivity contribution in [1.29, 1.82) is 0 Å². The van der Waals surface area contributed by atoms with Crippen LogP contribution in [0.1, 0.15) is 45.6 Å². The molecule has 0 amide bonds. The first-order chi connectivity index (χ1) is 11.4. The molecular formula is C16H28NO5PS. The maximum atomic E-state index is 12.7. The van der Waals surface area contributed by atoms with Crippen molar-refractivity contribution in [3.8, 4) is 0 Å². The van der Waals surface area contributed by atoms with Crippen LogP contribution in [0, 0.1) is 0 Å². The van der Waals surface area contributed by atoms with Gasteiger partial charge in [-0.2, -0.15) is 0 Å². The normalized spacial score (nSPS) is 12.3. The van der Waals surface area contributed by atoms with Gasteiger partial charge in [-0.05, 0) is 31.9 Å². The highest BCUT2D eigenvalue weighted by Crippen LogP contribution is 2.52. The van der Waals surface area contributed by atoms with E-state index >= 15 is 0 Å². The van der Waals surface area contributed by atoms with Crippen molar-refractivity contribution in [2.24, 2.45) is 0 Å². The first-order valence-electron chi connectivity index (χ1n) is 8.32. The number of nitrogens with one attached hydrogen (secondary N) is 1. The maximum Gasteiger partial charge on any atom is 0.335 e. The lowest BCUT2D eigenvalue weighted by Crippen LogP contribution is -2.17. The lowest BCUT2D eigenvalue weighted by molar-refractivity contribution is 0.219. The minimum absolute atomic E-state index is 0.0301. The Morgan fingerprint density at radius 2 is 1.67 bits per heavy atom. The molecule has 0 spiro atoms. The van der Waals surface area contributed by atoms with E-state index in [9.17, 15) is 13.0 Å². The van der Waals surface area contributed by atoms with Crippen molar-refractivity contribution in [2.75, 3.05) is 23.7 Å². The standard InChI is InChI=1S/C16H28NO5PS/c1-4-7-10-13-24(19,20)17-16-12-9-8-11-15(16)14-23(18,21-5-2)22-6-3/h8-9,11-12,17H,4-7,10,13-14H2,1-3H3. The summed E-state index contributed by atoms with van der Waals surface area (Å²) in [6, 6.07) is 6.90. The van der Waals surface area contributed by atoms with Crippen LogP contribution >= 0.6 is 7.60 Å². The Bertz CT molecular complexity index is 638. The van der Waals surface area contributed by atoms with Crippen LogP contribution in [0.5, 0.6) is 0 Å². The first-order valence-corrected chi connectivity index (χ1v) is 11.7. The van der Waals surface area contributed by atoms with Crippen LogP contribution in [0.4, 0.5) is 5.69 Å². The van der Waals surface area contributed by atoms with Crippen molar-refractivity contribution in [3.05, 3.63) is 29.8 Å². The second kappa shape index (κ2) is 10.2. The number of rotatable bonds is 12. The quantitative estimate of drug-likeness (QED) is 0.432. The lowest BCUT2D eigenvalue weighted by atomic mass is 10.2. The summed E-state index contributed by atoms with van der Waals surface area (Å²) in [5.74, 6) is 0.0732. The summed E-state index contributed by atoms with van der Waals surface area (Å²) in [5.41, 5.74) is 1.02. The van der Waals surface area contributed by atoms with Gasteiger partial charge in [-0.1, -0.05) is 38.0 Å². The Hall–Kier alpha value is -0.880. The summed E-state index contributed by atoms with van der Waals surface area (Å²) >= 11 is 0. The number of hydrogen-bond acceptors (Lipinski definition) is 5. The van der Waals surface area contributed by atoms with Crippen LogP contribution in [0.15, 0.2) is 24.3 Å².